The molecule has 3 N–H and O–H groups in total. The maximum atomic E-state index is 5.09. The minimum absolute atomic E-state index is 0.615. The minimum Gasteiger partial charge on any atom is -0.337 e. The summed E-state index contributed by atoms with van der Waals surface area (Å²) in [4.78, 5) is 4.03. The molecule has 1 aromatic rings. The third kappa shape index (κ3) is 1.28. The summed E-state index contributed by atoms with van der Waals surface area (Å²) in [5.41, 5.74) is 2.53. The van der Waals surface area contributed by atoms with Gasteiger partial charge in [0.05, 0.1) is 6.54 Å². The Balaban J connectivity index is 2.69. The quantitative estimate of drug-likeness (QED) is 0.410. The van der Waals surface area contributed by atoms with Crippen molar-refractivity contribution in [1.29, 1.82) is 0 Å². The van der Waals surface area contributed by atoms with Gasteiger partial charge < -0.3 is 4.57 Å². The van der Waals surface area contributed by atoms with Crippen LogP contribution >= 0.6 is 0 Å². The number of imidazole rings is 1. The number of nitrogens with zero attached hydrogens (tertiary/aromatic N) is 2. The molecule has 0 aromatic carbocycles. The van der Waals surface area contributed by atoms with E-state index in [0.29, 0.717) is 6.54 Å². The third-order valence-electron chi connectivity index (χ3n) is 1.18. The summed E-state index contributed by atoms with van der Waals surface area (Å²) in [6, 6.07) is 0. The van der Waals surface area contributed by atoms with Crippen molar-refractivity contribution in [3.05, 3.63) is 18.2 Å². The van der Waals surface area contributed by atoms with Crippen molar-refractivity contribution in [2.45, 2.75) is 6.54 Å². The molecule has 0 amide bonds. The summed E-state index contributed by atoms with van der Waals surface area (Å²) >= 11 is 0. The number of rotatable bonds is 2. The van der Waals surface area contributed by atoms with Gasteiger partial charge in [-0.05, 0) is 0 Å². The standard InChI is InChI=1S/C5H10N4/c1-9-3-2-7-5(9)4-8-6/h2-3,8H,4,6H2,1H3. The van der Waals surface area contributed by atoms with Gasteiger partial charge in [-0.25, -0.2) is 4.98 Å². The van der Waals surface area contributed by atoms with E-state index in [1.54, 1.807) is 6.20 Å². The van der Waals surface area contributed by atoms with Crippen LogP contribution in [0.3, 0.4) is 0 Å². The van der Waals surface area contributed by atoms with Crippen LogP contribution in [0.15, 0.2) is 12.4 Å². The van der Waals surface area contributed by atoms with Gasteiger partial charge in [-0.3, -0.25) is 11.3 Å². The fourth-order valence-electron chi connectivity index (χ4n) is 0.658. The molecule has 0 saturated heterocycles. The molecule has 0 aliphatic rings. The van der Waals surface area contributed by atoms with Crippen LogP contribution in [0.4, 0.5) is 0 Å². The number of nitrogens with two attached hydrogens (primary N) is 1. The number of aromatic nitrogens is 2. The van der Waals surface area contributed by atoms with Gasteiger partial charge >= 0.3 is 0 Å². The van der Waals surface area contributed by atoms with Crippen molar-refractivity contribution in [3.63, 3.8) is 0 Å². The Morgan fingerprint density at radius 3 is 3.11 bits per heavy atom. The van der Waals surface area contributed by atoms with Crippen LogP contribution in [0.2, 0.25) is 0 Å². The van der Waals surface area contributed by atoms with E-state index in [1.165, 1.54) is 0 Å². The van der Waals surface area contributed by atoms with Crippen LogP contribution < -0.4 is 11.3 Å². The Kier molecular flexibility index (Phi) is 1.81. The molecule has 50 valence electrons. The van der Waals surface area contributed by atoms with Crippen LogP contribution in [-0.2, 0) is 13.6 Å². The Labute approximate surface area is 53.7 Å². The fourth-order valence-corrected chi connectivity index (χ4v) is 0.658. The van der Waals surface area contributed by atoms with E-state index in [4.69, 9.17) is 5.84 Å². The van der Waals surface area contributed by atoms with Gasteiger partial charge in [0, 0.05) is 19.4 Å². The monoisotopic (exact) mass is 126 g/mol. The van der Waals surface area contributed by atoms with Gasteiger partial charge in [-0.15, -0.1) is 0 Å². The first-order valence-corrected chi connectivity index (χ1v) is 2.74. The van der Waals surface area contributed by atoms with Gasteiger partial charge in [0.25, 0.3) is 0 Å². The summed E-state index contributed by atoms with van der Waals surface area (Å²) in [6.07, 6.45) is 3.62. The third-order valence-corrected chi connectivity index (χ3v) is 1.18. The highest BCUT2D eigenvalue weighted by Gasteiger charge is 1.93. The van der Waals surface area contributed by atoms with E-state index >= 15 is 0 Å². The predicted octanol–water partition coefficient (Wildman–Crippen LogP) is -0.617. The van der Waals surface area contributed by atoms with Crippen LogP contribution in [0.1, 0.15) is 5.82 Å². The molecule has 0 radical (unpaired) electrons. The Hall–Kier alpha value is -0.870. The lowest BCUT2D eigenvalue weighted by atomic mass is 10.6. The van der Waals surface area contributed by atoms with Crippen LogP contribution in [0, 0.1) is 0 Å². The van der Waals surface area contributed by atoms with E-state index in [1.807, 2.05) is 17.8 Å². The molecule has 0 aliphatic heterocycles. The predicted molar refractivity (Wildman–Crippen MR) is 34.2 cm³/mol. The highest BCUT2D eigenvalue weighted by atomic mass is 15.2. The van der Waals surface area contributed by atoms with Gasteiger partial charge in [-0.2, -0.15) is 0 Å². The molecule has 0 atom stereocenters. The zero-order valence-electron chi connectivity index (χ0n) is 5.33. The number of hydrogen-bond donors (Lipinski definition) is 2. The molecular formula is C5H10N4. The second kappa shape index (κ2) is 2.61. The van der Waals surface area contributed by atoms with Gasteiger partial charge in [-0.1, -0.05) is 0 Å². The van der Waals surface area contributed by atoms with Crippen LogP contribution in [-0.4, -0.2) is 9.55 Å². The first-order chi connectivity index (χ1) is 4.34. The zero-order valence-corrected chi connectivity index (χ0v) is 5.33. The van der Waals surface area contributed by atoms with E-state index in [0.717, 1.165) is 5.82 Å². The summed E-state index contributed by atoms with van der Waals surface area (Å²) in [6.45, 7) is 0.615. The Morgan fingerprint density at radius 1 is 1.89 bits per heavy atom. The normalized spacial score (nSPS) is 10.0. The number of aryl methyl sites for hydroxylation is 1. The molecule has 1 rings (SSSR count). The van der Waals surface area contributed by atoms with Crippen LogP contribution in [0.5, 0.6) is 0 Å². The summed E-state index contributed by atoms with van der Waals surface area (Å²) in [7, 11) is 1.93. The zero-order chi connectivity index (χ0) is 6.69. The average molecular weight is 126 g/mol. The molecule has 1 aromatic heterocycles. The van der Waals surface area contributed by atoms with E-state index in [9.17, 15) is 0 Å². The SMILES string of the molecule is Cn1ccnc1CNN. The highest BCUT2D eigenvalue weighted by Crippen LogP contribution is 1.90. The molecule has 0 unspecified atom stereocenters. The smallest absolute Gasteiger partial charge is 0.123 e. The molecule has 4 heteroatoms. The number of hydrogen-bond acceptors (Lipinski definition) is 3. The lowest BCUT2D eigenvalue weighted by Gasteiger charge is -1.97. The topological polar surface area (TPSA) is 55.9 Å². The lowest BCUT2D eigenvalue weighted by Crippen LogP contribution is -2.22. The summed E-state index contributed by atoms with van der Waals surface area (Å²) in [5.74, 6) is 6.03. The first kappa shape index (κ1) is 6.25. The molecule has 0 fully saturated rings. The molecule has 0 bridgehead atoms. The summed E-state index contributed by atoms with van der Waals surface area (Å²) < 4.78 is 1.92. The largest absolute Gasteiger partial charge is 0.337 e. The average Bonchev–Trinajstić information content (AvgIpc) is 2.18. The lowest BCUT2D eigenvalue weighted by molar-refractivity contribution is 0.668. The Morgan fingerprint density at radius 2 is 2.67 bits per heavy atom. The molecule has 9 heavy (non-hydrogen) atoms. The minimum atomic E-state index is 0.615. The molecule has 1 heterocycles. The number of hydrazine groups is 1. The molecule has 4 nitrogen and oxygen atoms in total. The highest BCUT2D eigenvalue weighted by molar-refractivity contribution is 4.89. The van der Waals surface area contributed by atoms with E-state index < -0.39 is 0 Å². The summed E-state index contributed by atoms with van der Waals surface area (Å²) in [5, 5.41) is 0. The second-order valence-corrected chi connectivity index (χ2v) is 1.84. The van der Waals surface area contributed by atoms with Gasteiger partial charge in [0.2, 0.25) is 0 Å². The van der Waals surface area contributed by atoms with Crippen molar-refractivity contribution in [2.75, 3.05) is 0 Å². The van der Waals surface area contributed by atoms with Gasteiger partial charge in [0.15, 0.2) is 0 Å². The second-order valence-electron chi connectivity index (χ2n) is 1.84. The molecular weight excluding hydrogens is 116 g/mol. The number of nitrogens with one attached hydrogen (secondary N) is 1. The Bertz CT molecular complexity index is 181. The van der Waals surface area contributed by atoms with Crippen molar-refractivity contribution in [3.8, 4) is 0 Å². The van der Waals surface area contributed by atoms with Crippen molar-refractivity contribution < 1.29 is 0 Å². The first-order valence-electron chi connectivity index (χ1n) is 2.74. The van der Waals surface area contributed by atoms with E-state index in [-0.39, 0.29) is 0 Å². The maximum absolute atomic E-state index is 5.09. The van der Waals surface area contributed by atoms with Crippen molar-refractivity contribution in [1.82, 2.24) is 15.0 Å². The molecule has 0 spiro atoms. The molecule has 0 aliphatic carbocycles. The molecule has 0 saturated carbocycles. The van der Waals surface area contributed by atoms with E-state index in [2.05, 4.69) is 10.4 Å². The fraction of sp³-hybridized carbons (Fsp3) is 0.400. The van der Waals surface area contributed by atoms with Crippen LogP contribution in [0.25, 0.3) is 0 Å². The van der Waals surface area contributed by atoms with Crippen molar-refractivity contribution in [2.24, 2.45) is 12.9 Å². The van der Waals surface area contributed by atoms with Crippen molar-refractivity contribution >= 4 is 0 Å². The van der Waals surface area contributed by atoms with Gasteiger partial charge in [0.1, 0.15) is 5.82 Å². The maximum Gasteiger partial charge on any atom is 0.123 e.